The molecule has 0 spiro atoms. The molecule has 0 atom stereocenters. The van der Waals surface area contributed by atoms with Crippen LogP contribution in [0.2, 0.25) is 0 Å². The predicted molar refractivity (Wildman–Crippen MR) is 46.3 cm³/mol. The summed E-state index contributed by atoms with van der Waals surface area (Å²) < 4.78 is 4.67. The molecule has 0 radical (unpaired) electrons. The number of halogens is 1. The van der Waals surface area contributed by atoms with Gasteiger partial charge in [0.05, 0.1) is 5.88 Å². The summed E-state index contributed by atoms with van der Waals surface area (Å²) in [4.78, 5) is 21.3. The Hall–Kier alpha value is -1.29. The Morgan fingerprint density at radius 3 is 2.69 bits per heavy atom. The first-order valence-corrected chi connectivity index (χ1v) is 4.02. The van der Waals surface area contributed by atoms with Crippen LogP contribution in [-0.4, -0.2) is 11.4 Å². The van der Waals surface area contributed by atoms with Gasteiger partial charge in [0.15, 0.2) is 6.29 Å². The molecule has 5 heteroatoms. The molecular weight excluding hydrogens is 196 g/mol. The largest absolute Gasteiger partial charge is 0.506 e. The molecule has 0 saturated heterocycles. The van der Waals surface area contributed by atoms with E-state index in [9.17, 15) is 14.7 Å². The Bertz CT molecular complexity index is 394. The zero-order valence-electron chi connectivity index (χ0n) is 6.83. The SMILES string of the molecule is Cc1oc(=O)c(C=O)c(O)c1CCl. The molecule has 1 rings (SSSR count). The first-order valence-electron chi connectivity index (χ1n) is 3.48. The van der Waals surface area contributed by atoms with Gasteiger partial charge in [0.1, 0.15) is 17.1 Å². The second-order valence-corrected chi connectivity index (χ2v) is 2.71. The van der Waals surface area contributed by atoms with Crippen LogP contribution < -0.4 is 5.63 Å². The number of hydrogen-bond donors (Lipinski definition) is 1. The van der Waals surface area contributed by atoms with Gasteiger partial charge in [-0.1, -0.05) is 0 Å². The number of rotatable bonds is 2. The van der Waals surface area contributed by atoms with Gasteiger partial charge in [0.2, 0.25) is 0 Å². The number of aromatic hydroxyl groups is 1. The first-order chi connectivity index (χ1) is 6.11. The summed E-state index contributed by atoms with van der Waals surface area (Å²) in [5.41, 5.74) is -0.969. The van der Waals surface area contributed by atoms with E-state index in [1.165, 1.54) is 6.92 Å². The highest BCUT2D eigenvalue weighted by molar-refractivity contribution is 6.17. The normalized spacial score (nSPS) is 10.0. The van der Waals surface area contributed by atoms with Crippen molar-refractivity contribution in [1.82, 2.24) is 0 Å². The summed E-state index contributed by atoms with van der Waals surface area (Å²) in [6.45, 7) is 1.49. The molecule has 0 aliphatic rings. The van der Waals surface area contributed by atoms with Crippen LogP contribution in [-0.2, 0) is 5.88 Å². The van der Waals surface area contributed by atoms with Gasteiger partial charge in [-0.15, -0.1) is 11.6 Å². The molecule has 0 amide bonds. The predicted octanol–water partition coefficient (Wildman–Crippen LogP) is 1.21. The molecule has 1 N–H and O–H groups in total. The molecule has 1 aromatic rings. The van der Waals surface area contributed by atoms with Crippen molar-refractivity contribution in [3.8, 4) is 5.75 Å². The Labute approximate surface area is 78.8 Å². The topological polar surface area (TPSA) is 67.5 Å². The van der Waals surface area contributed by atoms with E-state index >= 15 is 0 Å². The zero-order valence-corrected chi connectivity index (χ0v) is 7.59. The number of aldehydes is 1. The highest BCUT2D eigenvalue weighted by Crippen LogP contribution is 2.23. The van der Waals surface area contributed by atoms with Crippen molar-refractivity contribution in [1.29, 1.82) is 0 Å². The molecule has 0 unspecified atom stereocenters. The van der Waals surface area contributed by atoms with Crippen LogP contribution in [0.25, 0.3) is 0 Å². The smallest absolute Gasteiger partial charge is 0.350 e. The third-order valence-corrected chi connectivity index (χ3v) is 1.95. The van der Waals surface area contributed by atoms with E-state index in [1.807, 2.05) is 0 Å². The lowest BCUT2D eigenvalue weighted by Crippen LogP contribution is -2.09. The molecule has 0 aliphatic carbocycles. The van der Waals surface area contributed by atoms with Crippen molar-refractivity contribution in [3.05, 3.63) is 27.3 Å². The maximum atomic E-state index is 11.0. The van der Waals surface area contributed by atoms with E-state index in [1.54, 1.807) is 0 Å². The van der Waals surface area contributed by atoms with Crippen LogP contribution in [0, 0.1) is 6.92 Å². The van der Waals surface area contributed by atoms with Crippen LogP contribution >= 0.6 is 11.6 Å². The van der Waals surface area contributed by atoms with E-state index in [0.717, 1.165) is 0 Å². The van der Waals surface area contributed by atoms with Crippen LogP contribution in [0.5, 0.6) is 5.75 Å². The summed E-state index contributed by atoms with van der Waals surface area (Å²) in [5, 5.41) is 9.37. The molecule has 1 heterocycles. The highest BCUT2D eigenvalue weighted by Gasteiger charge is 2.15. The number of aryl methyl sites for hydroxylation is 1. The minimum Gasteiger partial charge on any atom is -0.506 e. The maximum absolute atomic E-state index is 11.0. The van der Waals surface area contributed by atoms with Crippen molar-refractivity contribution in [3.63, 3.8) is 0 Å². The Balaban J connectivity index is 3.57. The van der Waals surface area contributed by atoms with Gasteiger partial charge in [-0.25, -0.2) is 4.79 Å². The lowest BCUT2D eigenvalue weighted by atomic mass is 10.1. The fraction of sp³-hybridized carbons (Fsp3) is 0.250. The van der Waals surface area contributed by atoms with E-state index in [0.29, 0.717) is 0 Å². The minimum atomic E-state index is -0.848. The van der Waals surface area contributed by atoms with Gasteiger partial charge in [-0.2, -0.15) is 0 Å². The van der Waals surface area contributed by atoms with Crippen LogP contribution in [0.3, 0.4) is 0 Å². The zero-order chi connectivity index (χ0) is 10.0. The average Bonchev–Trinajstić information content (AvgIpc) is 2.04. The summed E-state index contributed by atoms with van der Waals surface area (Å²) in [6.07, 6.45) is 0.247. The Morgan fingerprint density at radius 2 is 2.23 bits per heavy atom. The maximum Gasteiger partial charge on any atom is 0.350 e. The number of hydrogen-bond acceptors (Lipinski definition) is 4. The Morgan fingerprint density at radius 1 is 1.62 bits per heavy atom. The molecule has 0 bridgehead atoms. The number of alkyl halides is 1. The number of carbonyl (C=O) groups is 1. The standard InChI is InChI=1S/C8H7ClO4/c1-4-5(2-9)7(11)6(3-10)8(12)13-4/h3,11H,2H2,1H3. The lowest BCUT2D eigenvalue weighted by molar-refractivity contribution is 0.111. The molecule has 13 heavy (non-hydrogen) atoms. The molecule has 1 aromatic heterocycles. The summed E-state index contributed by atoms with van der Waals surface area (Å²) in [5.74, 6) is -0.177. The molecular formula is C8H7ClO4. The monoisotopic (exact) mass is 202 g/mol. The van der Waals surface area contributed by atoms with Crippen LogP contribution in [0.15, 0.2) is 9.21 Å². The third kappa shape index (κ3) is 1.58. The van der Waals surface area contributed by atoms with E-state index in [4.69, 9.17) is 11.6 Å². The quantitative estimate of drug-likeness (QED) is 0.578. The second kappa shape index (κ2) is 3.62. The van der Waals surface area contributed by atoms with Crippen LogP contribution in [0.1, 0.15) is 21.7 Å². The van der Waals surface area contributed by atoms with Crippen molar-refractivity contribution >= 4 is 17.9 Å². The van der Waals surface area contributed by atoms with Crippen molar-refractivity contribution in [2.24, 2.45) is 0 Å². The molecule has 0 fully saturated rings. The van der Waals surface area contributed by atoms with Crippen LogP contribution in [0.4, 0.5) is 0 Å². The molecule has 0 aromatic carbocycles. The first kappa shape index (κ1) is 9.80. The Kier molecular flexibility index (Phi) is 2.72. The van der Waals surface area contributed by atoms with Gasteiger partial charge in [-0.3, -0.25) is 4.79 Å². The molecule has 0 saturated carbocycles. The van der Waals surface area contributed by atoms with E-state index in [2.05, 4.69) is 4.42 Å². The van der Waals surface area contributed by atoms with Gasteiger partial charge in [0, 0.05) is 5.56 Å². The van der Waals surface area contributed by atoms with Crippen molar-refractivity contribution in [2.75, 3.05) is 0 Å². The van der Waals surface area contributed by atoms with E-state index in [-0.39, 0.29) is 29.1 Å². The highest BCUT2D eigenvalue weighted by atomic mass is 35.5. The number of carbonyl (C=O) groups excluding carboxylic acids is 1. The van der Waals surface area contributed by atoms with Gasteiger partial charge >= 0.3 is 5.63 Å². The second-order valence-electron chi connectivity index (χ2n) is 2.44. The minimum absolute atomic E-state index is 0.0116. The van der Waals surface area contributed by atoms with Crippen molar-refractivity contribution < 1.29 is 14.3 Å². The van der Waals surface area contributed by atoms with Crippen molar-refractivity contribution in [2.45, 2.75) is 12.8 Å². The lowest BCUT2D eigenvalue weighted by Gasteiger charge is -2.04. The summed E-state index contributed by atoms with van der Waals surface area (Å²) in [7, 11) is 0. The third-order valence-electron chi connectivity index (χ3n) is 1.68. The fourth-order valence-electron chi connectivity index (χ4n) is 0.943. The van der Waals surface area contributed by atoms with Gasteiger partial charge in [0.25, 0.3) is 0 Å². The molecule has 4 nitrogen and oxygen atoms in total. The average molecular weight is 203 g/mol. The fourth-order valence-corrected chi connectivity index (χ4v) is 1.26. The van der Waals surface area contributed by atoms with Gasteiger partial charge in [-0.05, 0) is 6.92 Å². The van der Waals surface area contributed by atoms with E-state index < -0.39 is 11.4 Å². The molecule has 0 aliphatic heterocycles. The van der Waals surface area contributed by atoms with Gasteiger partial charge < -0.3 is 9.52 Å². The molecule has 70 valence electrons. The summed E-state index contributed by atoms with van der Waals surface area (Å²) in [6, 6.07) is 0. The summed E-state index contributed by atoms with van der Waals surface area (Å²) >= 11 is 5.48.